The molecule has 0 spiro atoms. The van der Waals surface area contributed by atoms with Crippen molar-refractivity contribution in [2.45, 2.75) is 45.1 Å². The Morgan fingerprint density at radius 2 is 2.18 bits per heavy atom. The van der Waals surface area contributed by atoms with E-state index in [4.69, 9.17) is 9.47 Å². The SMILES string of the molecule is CCC1C[C@H]1NCC1(COc2ccc(F)cn2)CCN(CCC(=O)OC)CC1. The molecule has 1 aliphatic heterocycles. The fraction of sp³-hybridized carbons (Fsp3) is 0.714. The molecule has 7 heteroatoms. The lowest BCUT2D eigenvalue weighted by atomic mass is 9.78. The maximum absolute atomic E-state index is 13.1. The summed E-state index contributed by atoms with van der Waals surface area (Å²) in [5.41, 5.74) is 0.0265. The van der Waals surface area contributed by atoms with Crippen LogP contribution in [0.15, 0.2) is 18.3 Å². The van der Waals surface area contributed by atoms with E-state index in [-0.39, 0.29) is 17.2 Å². The quantitative estimate of drug-likeness (QED) is 0.617. The second kappa shape index (κ2) is 9.65. The average Bonchev–Trinajstić information content (AvgIpc) is 3.50. The maximum atomic E-state index is 13.1. The van der Waals surface area contributed by atoms with E-state index in [1.165, 1.54) is 32.2 Å². The average molecular weight is 394 g/mol. The molecule has 1 aromatic rings. The van der Waals surface area contributed by atoms with Gasteiger partial charge in [0, 0.05) is 30.6 Å². The Labute approximate surface area is 166 Å². The zero-order valence-electron chi connectivity index (χ0n) is 17.0. The molecule has 0 aromatic carbocycles. The molecule has 1 unspecified atom stereocenters. The molecule has 28 heavy (non-hydrogen) atoms. The number of pyridine rings is 1. The maximum Gasteiger partial charge on any atom is 0.306 e. The smallest absolute Gasteiger partial charge is 0.306 e. The molecule has 0 bridgehead atoms. The second-order valence-electron chi connectivity index (χ2n) is 8.16. The molecule has 6 nitrogen and oxygen atoms in total. The fourth-order valence-corrected chi connectivity index (χ4v) is 3.95. The topological polar surface area (TPSA) is 63.7 Å². The number of rotatable bonds is 10. The standard InChI is InChI=1S/C21H32FN3O3/c1-3-16-12-18(16)24-14-21(15-28-19-5-4-17(22)13-23-19)7-10-25(11-8-21)9-6-20(26)27-2/h4-5,13,16,18,24H,3,6-12,14-15H2,1-2H3/t16?,18-/m1/s1. The van der Waals surface area contributed by atoms with Crippen LogP contribution < -0.4 is 10.1 Å². The van der Waals surface area contributed by atoms with Crippen LogP contribution in [0.1, 0.15) is 39.0 Å². The number of nitrogens with zero attached hydrogens (tertiary/aromatic N) is 2. The Balaban J connectivity index is 1.54. The van der Waals surface area contributed by atoms with E-state index in [1.807, 2.05) is 0 Å². The van der Waals surface area contributed by atoms with E-state index in [1.54, 1.807) is 6.07 Å². The van der Waals surface area contributed by atoms with Crippen LogP contribution in [0.3, 0.4) is 0 Å². The van der Waals surface area contributed by atoms with Gasteiger partial charge in [-0.2, -0.15) is 0 Å². The van der Waals surface area contributed by atoms with Crippen molar-refractivity contribution in [3.8, 4) is 5.88 Å². The van der Waals surface area contributed by atoms with E-state index < -0.39 is 0 Å². The number of likely N-dealkylation sites (tertiary alicyclic amines) is 1. The van der Waals surface area contributed by atoms with Gasteiger partial charge in [-0.15, -0.1) is 0 Å². The third-order valence-corrected chi connectivity index (χ3v) is 6.19. The van der Waals surface area contributed by atoms with Crippen LogP contribution in [-0.2, 0) is 9.53 Å². The first-order valence-electron chi connectivity index (χ1n) is 10.3. The molecule has 0 radical (unpaired) electrons. The van der Waals surface area contributed by atoms with Crippen molar-refractivity contribution in [2.24, 2.45) is 11.3 Å². The van der Waals surface area contributed by atoms with Crippen molar-refractivity contribution >= 4 is 5.97 Å². The molecule has 0 amide bonds. The summed E-state index contributed by atoms with van der Waals surface area (Å²) in [6.45, 7) is 6.32. The molecular formula is C21H32FN3O3. The number of methoxy groups -OCH3 is 1. The Morgan fingerprint density at radius 3 is 2.79 bits per heavy atom. The number of halogens is 1. The summed E-state index contributed by atoms with van der Waals surface area (Å²) in [5, 5.41) is 3.73. The number of esters is 1. The highest BCUT2D eigenvalue weighted by Crippen LogP contribution is 2.36. The van der Waals surface area contributed by atoms with Crippen molar-refractivity contribution in [3.63, 3.8) is 0 Å². The predicted octanol–water partition coefficient (Wildman–Crippen LogP) is 2.63. The van der Waals surface area contributed by atoms with Gasteiger partial charge in [-0.05, 0) is 44.3 Å². The summed E-state index contributed by atoms with van der Waals surface area (Å²) in [7, 11) is 1.43. The van der Waals surface area contributed by atoms with Crippen LogP contribution in [0.25, 0.3) is 0 Å². The van der Waals surface area contributed by atoms with Crippen molar-refractivity contribution in [2.75, 3.05) is 39.9 Å². The van der Waals surface area contributed by atoms with Crippen LogP contribution in [-0.4, -0.2) is 61.8 Å². The third-order valence-electron chi connectivity index (χ3n) is 6.19. The molecule has 1 saturated heterocycles. The van der Waals surface area contributed by atoms with Gasteiger partial charge >= 0.3 is 5.97 Å². The molecule has 156 valence electrons. The first-order valence-corrected chi connectivity index (χ1v) is 10.3. The summed E-state index contributed by atoms with van der Waals surface area (Å²) in [4.78, 5) is 17.7. The van der Waals surface area contributed by atoms with Crippen LogP contribution in [0.4, 0.5) is 4.39 Å². The van der Waals surface area contributed by atoms with Gasteiger partial charge in [0.2, 0.25) is 5.88 Å². The lowest BCUT2D eigenvalue weighted by molar-refractivity contribution is -0.141. The number of aromatic nitrogens is 1. The summed E-state index contributed by atoms with van der Waals surface area (Å²) >= 11 is 0. The largest absolute Gasteiger partial charge is 0.477 e. The minimum atomic E-state index is -0.359. The van der Waals surface area contributed by atoms with Crippen molar-refractivity contribution in [1.82, 2.24) is 15.2 Å². The summed E-state index contributed by atoms with van der Waals surface area (Å²) in [5.74, 6) is 0.745. The molecule has 3 rings (SSSR count). The minimum Gasteiger partial charge on any atom is -0.477 e. The van der Waals surface area contributed by atoms with E-state index in [0.29, 0.717) is 24.9 Å². The van der Waals surface area contributed by atoms with Gasteiger partial charge in [-0.3, -0.25) is 4.79 Å². The summed E-state index contributed by atoms with van der Waals surface area (Å²) in [6.07, 6.45) is 6.08. The molecular weight excluding hydrogens is 361 g/mol. The van der Waals surface area contributed by atoms with E-state index in [2.05, 4.69) is 22.1 Å². The highest BCUT2D eigenvalue weighted by molar-refractivity contribution is 5.69. The van der Waals surface area contributed by atoms with Crippen molar-refractivity contribution in [3.05, 3.63) is 24.1 Å². The Bertz CT molecular complexity index is 632. The number of carbonyl (C=O) groups excluding carboxylic acids is 1. The zero-order chi connectivity index (χ0) is 20.0. The minimum absolute atomic E-state index is 0.0265. The van der Waals surface area contributed by atoms with Gasteiger partial charge in [0.25, 0.3) is 0 Å². The Morgan fingerprint density at radius 1 is 1.39 bits per heavy atom. The number of ether oxygens (including phenoxy) is 2. The lowest BCUT2D eigenvalue weighted by Gasteiger charge is -2.41. The molecule has 2 heterocycles. The fourth-order valence-electron chi connectivity index (χ4n) is 3.95. The van der Waals surface area contributed by atoms with Crippen molar-refractivity contribution in [1.29, 1.82) is 0 Å². The number of nitrogens with one attached hydrogen (secondary N) is 1. The summed E-state index contributed by atoms with van der Waals surface area (Å²) in [6, 6.07) is 3.58. The summed E-state index contributed by atoms with van der Waals surface area (Å²) < 4.78 is 23.8. The monoisotopic (exact) mass is 393 g/mol. The second-order valence-corrected chi connectivity index (χ2v) is 8.16. The van der Waals surface area contributed by atoms with Gasteiger partial charge in [0.05, 0.1) is 26.3 Å². The molecule has 2 atom stereocenters. The number of piperidine rings is 1. The van der Waals surface area contributed by atoms with Gasteiger partial charge in [0.1, 0.15) is 5.82 Å². The molecule has 2 fully saturated rings. The first kappa shape index (κ1) is 21.0. The zero-order valence-corrected chi connectivity index (χ0v) is 17.0. The number of hydrogen-bond donors (Lipinski definition) is 1. The predicted molar refractivity (Wildman–Crippen MR) is 105 cm³/mol. The van der Waals surface area contributed by atoms with E-state index in [9.17, 15) is 9.18 Å². The normalized spacial score (nSPS) is 24.0. The van der Waals surface area contributed by atoms with Crippen molar-refractivity contribution < 1.29 is 18.7 Å². The van der Waals surface area contributed by atoms with Crippen LogP contribution >= 0.6 is 0 Å². The van der Waals surface area contributed by atoms with Gasteiger partial charge in [-0.25, -0.2) is 9.37 Å². The third kappa shape index (κ3) is 5.88. The lowest BCUT2D eigenvalue weighted by Crippen LogP contribution is -2.49. The van der Waals surface area contributed by atoms with E-state index >= 15 is 0 Å². The van der Waals surface area contributed by atoms with Crippen LogP contribution in [0, 0.1) is 17.2 Å². The highest BCUT2D eigenvalue weighted by Gasteiger charge is 2.40. The number of carbonyl (C=O) groups is 1. The number of hydrogen-bond acceptors (Lipinski definition) is 6. The van der Waals surface area contributed by atoms with Gasteiger partial charge < -0.3 is 19.7 Å². The molecule has 1 N–H and O–H groups in total. The Kier molecular flexibility index (Phi) is 7.24. The van der Waals surface area contributed by atoms with Gasteiger partial charge in [0.15, 0.2) is 0 Å². The Hall–Kier alpha value is -1.73. The molecule has 2 aliphatic rings. The molecule has 1 saturated carbocycles. The molecule has 1 aliphatic carbocycles. The van der Waals surface area contributed by atoms with Crippen LogP contribution in [0.2, 0.25) is 0 Å². The first-order chi connectivity index (χ1) is 13.5. The highest BCUT2D eigenvalue weighted by atomic mass is 19.1. The van der Waals surface area contributed by atoms with E-state index in [0.717, 1.165) is 44.9 Å². The molecule has 1 aromatic heterocycles. The van der Waals surface area contributed by atoms with Gasteiger partial charge in [-0.1, -0.05) is 13.3 Å². The van der Waals surface area contributed by atoms with Crippen LogP contribution in [0.5, 0.6) is 5.88 Å².